The Hall–Kier alpha value is -1.51. The van der Waals surface area contributed by atoms with E-state index in [2.05, 4.69) is 25.7 Å². The van der Waals surface area contributed by atoms with Crippen molar-refractivity contribution < 1.29 is 4.79 Å². The quantitative estimate of drug-likeness (QED) is 0.772. The zero-order chi connectivity index (χ0) is 13.5. The smallest absolute Gasteiger partial charge is 0.253 e. The first kappa shape index (κ1) is 14.6. The van der Waals surface area contributed by atoms with Gasteiger partial charge in [0.05, 0.1) is 0 Å². The van der Waals surface area contributed by atoms with Crippen molar-refractivity contribution in [1.29, 1.82) is 0 Å². The number of carbonyl (C=O) groups excluding carboxylic acids is 1. The molecule has 0 aliphatic rings. The van der Waals surface area contributed by atoms with Gasteiger partial charge >= 0.3 is 0 Å². The minimum atomic E-state index is 0.1000. The number of hydrogen-bond acceptors (Lipinski definition) is 2. The van der Waals surface area contributed by atoms with Crippen LogP contribution in [0.1, 0.15) is 37.6 Å². The second-order valence-corrected chi connectivity index (χ2v) is 4.45. The topological polar surface area (TPSA) is 23.6 Å². The summed E-state index contributed by atoms with van der Waals surface area (Å²) in [6, 6.07) is 7.89. The number of amides is 1. The molecule has 0 radical (unpaired) electrons. The molecular formula is C15H24N2O. The van der Waals surface area contributed by atoms with Crippen molar-refractivity contribution in [2.24, 2.45) is 0 Å². The van der Waals surface area contributed by atoms with Crippen LogP contribution in [0.25, 0.3) is 0 Å². The van der Waals surface area contributed by atoms with E-state index in [1.165, 1.54) is 5.69 Å². The summed E-state index contributed by atoms with van der Waals surface area (Å²) in [6.07, 6.45) is 0.986. The highest BCUT2D eigenvalue weighted by Crippen LogP contribution is 2.15. The van der Waals surface area contributed by atoms with E-state index in [0.29, 0.717) is 0 Å². The Bertz CT molecular complexity index is 369. The lowest BCUT2D eigenvalue weighted by atomic mass is 10.1. The molecule has 0 spiro atoms. The predicted molar refractivity (Wildman–Crippen MR) is 77.3 cm³/mol. The number of anilines is 1. The molecule has 1 amide bonds. The first-order valence-electron chi connectivity index (χ1n) is 6.74. The Morgan fingerprint density at radius 1 is 1.06 bits per heavy atom. The van der Waals surface area contributed by atoms with Crippen molar-refractivity contribution in [1.82, 2.24) is 4.90 Å². The highest BCUT2D eigenvalue weighted by Gasteiger charge is 2.11. The molecule has 0 bridgehead atoms. The maximum absolute atomic E-state index is 12.1. The van der Waals surface area contributed by atoms with Crippen LogP contribution in [0.15, 0.2) is 24.3 Å². The summed E-state index contributed by atoms with van der Waals surface area (Å²) in [5.41, 5.74) is 1.94. The molecule has 0 atom stereocenters. The third-order valence-corrected chi connectivity index (χ3v) is 3.15. The lowest BCUT2D eigenvalue weighted by Gasteiger charge is -2.21. The average Bonchev–Trinajstić information content (AvgIpc) is 2.40. The van der Waals surface area contributed by atoms with E-state index in [9.17, 15) is 4.79 Å². The molecule has 1 rings (SSSR count). The molecule has 0 aliphatic carbocycles. The van der Waals surface area contributed by atoms with Crippen molar-refractivity contribution in [2.75, 3.05) is 31.6 Å². The predicted octanol–water partition coefficient (Wildman–Crippen LogP) is 3.01. The molecule has 3 nitrogen and oxygen atoms in total. The summed E-state index contributed by atoms with van der Waals surface area (Å²) >= 11 is 0. The van der Waals surface area contributed by atoms with Crippen LogP contribution >= 0.6 is 0 Å². The van der Waals surface area contributed by atoms with Crippen molar-refractivity contribution in [3.05, 3.63) is 29.8 Å². The van der Waals surface area contributed by atoms with Gasteiger partial charge in [0.25, 0.3) is 5.91 Å². The first-order valence-corrected chi connectivity index (χ1v) is 6.74. The maximum atomic E-state index is 12.1. The number of hydrogen-bond donors (Lipinski definition) is 0. The van der Waals surface area contributed by atoms with Crippen LogP contribution in [-0.2, 0) is 0 Å². The normalized spacial score (nSPS) is 10.2. The van der Waals surface area contributed by atoms with Gasteiger partial charge in [-0.3, -0.25) is 4.79 Å². The van der Waals surface area contributed by atoms with Crippen molar-refractivity contribution in [2.45, 2.75) is 27.2 Å². The Kier molecular flexibility index (Phi) is 5.69. The molecule has 1 aromatic carbocycles. The van der Waals surface area contributed by atoms with E-state index < -0.39 is 0 Å². The molecule has 0 unspecified atom stereocenters. The summed E-state index contributed by atoms with van der Waals surface area (Å²) in [5.74, 6) is 0.1000. The third kappa shape index (κ3) is 3.49. The van der Waals surface area contributed by atoms with Gasteiger partial charge in [-0.15, -0.1) is 0 Å². The lowest BCUT2D eigenvalue weighted by Crippen LogP contribution is -2.27. The van der Waals surface area contributed by atoms with Crippen LogP contribution in [0.2, 0.25) is 0 Å². The highest BCUT2D eigenvalue weighted by molar-refractivity contribution is 5.94. The van der Waals surface area contributed by atoms with Crippen molar-refractivity contribution in [3.8, 4) is 0 Å². The maximum Gasteiger partial charge on any atom is 0.253 e. The minimum absolute atomic E-state index is 0.1000. The lowest BCUT2D eigenvalue weighted by molar-refractivity contribution is 0.0795. The Morgan fingerprint density at radius 2 is 1.61 bits per heavy atom. The number of benzene rings is 1. The summed E-state index contributed by atoms with van der Waals surface area (Å²) < 4.78 is 0. The van der Waals surface area contributed by atoms with Gasteiger partial charge < -0.3 is 9.80 Å². The van der Waals surface area contributed by atoms with Crippen LogP contribution in [0, 0.1) is 0 Å². The second-order valence-electron chi connectivity index (χ2n) is 4.45. The molecule has 0 saturated heterocycles. The Balaban J connectivity index is 2.79. The molecular weight excluding hydrogens is 224 g/mol. The molecule has 100 valence electrons. The molecule has 0 fully saturated rings. The van der Waals surface area contributed by atoms with Gasteiger partial charge in [-0.2, -0.15) is 0 Å². The fraction of sp³-hybridized carbons (Fsp3) is 0.533. The first-order chi connectivity index (χ1) is 8.63. The summed E-state index contributed by atoms with van der Waals surface area (Å²) in [5, 5.41) is 0. The van der Waals surface area contributed by atoms with Crippen LogP contribution in [-0.4, -0.2) is 37.5 Å². The number of nitrogens with zero attached hydrogens (tertiary/aromatic N) is 2. The van der Waals surface area contributed by atoms with Gasteiger partial charge in [0.2, 0.25) is 0 Å². The summed E-state index contributed by atoms with van der Waals surface area (Å²) in [7, 11) is 1.85. The van der Waals surface area contributed by atoms with E-state index in [1.807, 2.05) is 31.3 Å². The molecule has 3 heteroatoms. The largest absolute Gasteiger partial charge is 0.372 e. The fourth-order valence-corrected chi connectivity index (χ4v) is 2.06. The Labute approximate surface area is 110 Å². The van der Waals surface area contributed by atoms with Crippen molar-refractivity contribution in [3.63, 3.8) is 0 Å². The van der Waals surface area contributed by atoms with Crippen LogP contribution in [0.3, 0.4) is 0 Å². The van der Waals surface area contributed by atoms with Crippen molar-refractivity contribution >= 4 is 11.6 Å². The standard InChI is InChI=1S/C15H24N2O/c1-5-12-16(4)15(18)13-8-10-14(11-9-13)17(6-2)7-3/h8-11H,5-7,12H2,1-4H3. The van der Waals surface area contributed by atoms with Crippen LogP contribution < -0.4 is 4.90 Å². The summed E-state index contributed by atoms with van der Waals surface area (Å²) in [4.78, 5) is 16.1. The molecule has 18 heavy (non-hydrogen) atoms. The monoisotopic (exact) mass is 248 g/mol. The molecule has 0 saturated carbocycles. The minimum Gasteiger partial charge on any atom is -0.372 e. The van der Waals surface area contributed by atoms with Gasteiger partial charge in [0, 0.05) is 37.9 Å². The zero-order valence-corrected chi connectivity index (χ0v) is 11.9. The van der Waals surface area contributed by atoms with Gasteiger partial charge in [-0.25, -0.2) is 0 Å². The average molecular weight is 248 g/mol. The highest BCUT2D eigenvalue weighted by atomic mass is 16.2. The molecule has 0 N–H and O–H groups in total. The van der Waals surface area contributed by atoms with Gasteiger partial charge in [0.15, 0.2) is 0 Å². The van der Waals surface area contributed by atoms with E-state index in [-0.39, 0.29) is 5.91 Å². The SMILES string of the molecule is CCCN(C)C(=O)c1ccc(N(CC)CC)cc1. The van der Waals surface area contributed by atoms with Crippen LogP contribution in [0.4, 0.5) is 5.69 Å². The number of rotatable bonds is 6. The summed E-state index contributed by atoms with van der Waals surface area (Å²) in [6.45, 7) is 9.12. The van der Waals surface area contributed by atoms with Crippen LogP contribution in [0.5, 0.6) is 0 Å². The molecule has 0 aliphatic heterocycles. The van der Waals surface area contributed by atoms with E-state index >= 15 is 0 Å². The Morgan fingerprint density at radius 3 is 2.06 bits per heavy atom. The number of carbonyl (C=O) groups is 1. The fourth-order valence-electron chi connectivity index (χ4n) is 2.06. The van der Waals surface area contributed by atoms with E-state index in [4.69, 9.17) is 0 Å². The molecule has 0 aromatic heterocycles. The van der Waals surface area contributed by atoms with Gasteiger partial charge in [-0.05, 0) is 44.5 Å². The molecule has 0 heterocycles. The van der Waals surface area contributed by atoms with Gasteiger partial charge in [0.1, 0.15) is 0 Å². The zero-order valence-electron chi connectivity index (χ0n) is 11.9. The third-order valence-electron chi connectivity index (χ3n) is 3.15. The second kappa shape index (κ2) is 7.04. The van der Waals surface area contributed by atoms with E-state index in [0.717, 1.165) is 31.6 Å². The van der Waals surface area contributed by atoms with E-state index in [1.54, 1.807) is 4.90 Å². The van der Waals surface area contributed by atoms with Gasteiger partial charge in [-0.1, -0.05) is 6.92 Å². The molecule has 1 aromatic rings.